The molecule has 2 N–H and O–H groups in total. The van der Waals surface area contributed by atoms with Crippen LogP contribution in [0.25, 0.3) is 0 Å². The van der Waals surface area contributed by atoms with Crippen molar-refractivity contribution < 1.29 is 4.74 Å². The van der Waals surface area contributed by atoms with Crippen molar-refractivity contribution in [2.75, 3.05) is 33.4 Å². The van der Waals surface area contributed by atoms with Crippen LogP contribution in [-0.2, 0) is 17.7 Å². The van der Waals surface area contributed by atoms with Crippen molar-refractivity contribution in [3.05, 3.63) is 12.2 Å². The first-order valence-electron chi connectivity index (χ1n) is 8.05. The van der Waals surface area contributed by atoms with Crippen molar-refractivity contribution in [3.8, 4) is 0 Å². The molecule has 23 heavy (non-hydrogen) atoms. The fraction of sp³-hybridized carbons (Fsp3) is 0.800. The number of aryl methyl sites for hydroxylation is 1. The second-order valence-electron chi connectivity index (χ2n) is 5.55. The molecular formula is C15H31IN6O. The molecule has 0 radical (unpaired) electrons. The minimum Gasteiger partial charge on any atom is -0.383 e. The van der Waals surface area contributed by atoms with E-state index in [1.165, 1.54) is 0 Å². The predicted molar refractivity (Wildman–Crippen MR) is 104 cm³/mol. The maximum Gasteiger partial charge on any atom is 0.191 e. The number of halogens is 1. The molecule has 7 nitrogen and oxygen atoms in total. The van der Waals surface area contributed by atoms with Gasteiger partial charge in [0.1, 0.15) is 12.2 Å². The highest BCUT2D eigenvalue weighted by Gasteiger charge is 2.02. The Morgan fingerprint density at radius 3 is 2.74 bits per heavy atom. The fourth-order valence-electron chi connectivity index (χ4n) is 1.91. The summed E-state index contributed by atoms with van der Waals surface area (Å²) in [6.07, 6.45) is 3.75. The van der Waals surface area contributed by atoms with Gasteiger partial charge < -0.3 is 19.9 Å². The van der Waals surface area contributed by atoms with Crippen LogP contribution >= 0.6 is 24.0 Å². The summed E-state index contributed by atoms with van der Waals surface area (Å²) in [6.45, 7) is 10.3. The second-order valence-corrected chi connectivity index (χ2v) is 5.55. The average molecular weight is 438 g/mol. The summed E-state index contributed by atoms with van der Waals surface area (Å²) in [5.74, 6) is 2.50. The zero-order valence-electron chi connectivity index (χ0n) is 14.7. The highest BCUT2D eigenvalue weighted by molar-refractivity contribution is 14.0. The molecule has 134 valence electrons. The molecule has 0 aliphatic carbocycles. The molecule has 8 heteroatoms. The Morgan fingerprint density at radius 1 is 1.35 bits per heavy atom. The van der Waals surface area contributed by atoms with Crippen LogP contribution in [0.3, 0.4) is 0 Å². The number of hydrogen-bond donors (Lipinski definition) is 2. The summed E-state index contributed by atoms with van der Waals surface area (Å²) < 4.78 is 7.13. The minimum atomic E-state index is 0. The van der Waals surface area contributed by atoms with Gasteiger partial charge in [-0.25, -0.2) is 0 Å². The number of nitrogens with zero attached hydrogens (tertiary/aromatic N) is 4. The molecule has 0 bridgehead atoms. The van der Waals surface area contributed by atoms with Gasteiger partial charge in [-0.2, -0.15) is 0 Å². The zero-order valence-corrected chi connectivity index (χ0v) is 17.0. The highest BCUT2D eigenvalue weighted by atomic mass is 127. The number of methoxy groups -OCH3 is 1. The molecule has 0 spiro atoms. The highest BCUT2D eigenvalue weighted by Crippen LogP contribution is 1.98. The number of ether oxygens (including phenoxy) is 1. The van der Waals surface area contributed by atoms with Gasteiger partial charge in [-0.05, 0) is 12.3 Å². The first kappa shape index (κ1) is 22.1. The quantitative estimate of drug-likeness (QED) is 0.252. The third-order valence-corrected chi connectivity index (χ3v) is 3.23. The maximum atomic E-state index is 5.06. The van der Waals surface area contributed by atoms with Crippen LogP contribution < -0.4 is 10.6 Å². The Balaban J connectivity index is 0.00000484. The Morgan fingerprint density at radius 2 is 2.09 bits per heavy atom. The van der Waals surface area contributed by atoms with E-state index in [-0.39, 0.29) is 24.0 Å². The summed E-state index contributed by atoms with van der Waals surface area (Å²) >= 11 is 0. The van der Waals surface area contributed by atoms with E-state index in [1.54, 1.807) is 13.4 Å². The van der Waals surface area contributed by atoms with Gasteiger partial charge in [-0.3, -0.25) is 4.99 Å². The SMILES string of the molecule is CCc1nncn1CCNC(=NCCC(C)C)NCCOC.I. The number of aromatic nitrogens is 3. The lowest BCUT2D eigenvalue weighted by Crippen LogP contribution is -2.40. The zero-order chi connectivity index (χ0) is 16.2. The van der Waals surface area contributed by atoms with E-state index >= 15 is 0 Å². The topological polar surface area (TPSA) is 76.4 Å². The minimum absolute atomic E-state index is 0. The number of aliphatic imine (C=N–C) groups is 1. The van der Waals surface area contributed by atoms with E-state index < -0.39 is 0 Å². The summed E-state index contributed by atoms with van der Waals surface area (Å²) in [4.78, 5) is 4.60. The van der Waals surface area contributed by atoms with E-state index in [2.05, 4.69) is 51.2 Å². The largest absolute Gasteiger partial charge is 0.383 e. The van der Waals surface area contributed by atoms with Gasteiger partial charge in [0.05, 0.1) is 6.61 Å². The Kier molecular flexibility index (Phi) is 13.0. The monoisotopic (exact) mass is 438 g/mol. The van der Waals surface area contributed by atoms with Crippen LogP contribution in [-0.4, -0.2) is 54.1 Å². The van der Waals surface area contributed by atoms with Crippen molar-refractivity contribution in [2.24, 2.45) is 10.9 Å². The lowest BCUT2D eigenvalue weighted by atomic mass is 10.1. The van der Waals surface area contributed by atoms with E-state index in [9.17, 15) is 0 Å². The Bertz CT molecular complexity index is 435. The summed E-state index contributed by atoms with van der Waals surface area (Å²) in [6, 6.07) is 0. The van der Waals surface area contributed by atoms with E-state index in [0.29, 0.717) is 12.5 Å². The van der Waals surface area contributed by atoms with Crippen LogP contribution in [0.2, 0.25) is 0 Å². The third kappa shape index (κ3) is 9.75. The molecular weight excluding hydrogens is 407 g/mol. The van der Waals surface area contributed by atoms with Crippen LogP contribution in [0.15, 0.2) is 11.3 Å². The summed E-state index contributed by atoms with van der Waals surface area (Å²) in [5, 5.41) is 14.7. The average Bonchev–Trinajstić information content (AvgIpc) is 2.94. The number of nitrogens with one attached hydrogen (secondary N) is 2. The van der Waals surface area contributed by atoms with Crippen LogP contribution in [0.5, 0.6) is 0 Å². The van der Waals surface area contributed by atoms with Crippen molar-refractivity contribution in [2.45, 2.75) is 40.2 Å². The van der Waals surface area contributed by atoms with Gasteiger partial charge >= 0.3 is 0 Å². The molecule has 1 heterocycles. The fourth-order valence-corrected chi connectivity index (χ4v) is 1.91. The first-order chi connectivity index (χ1) is 10.7. The van der Waals surface area contributed by atoms with Crippen molar-refractivity contribution >= 4 is 29.9 Å². The molecule has 0 saturated heterocycles. The number of rotatable bonds is 10. The molecule has 0 amide bonds. The van der Waals surface area contributed by atoms with Gasteiger partial charge in [0.25, 0.3) is 0 Å². The molecule has 1 aromatic heterocycles. The third-order valence-electron chi connectivity index (χ3n) is 3.23. The lowest BCUT2D eigenvalue weighted by molar-refractivity contribution is 0.203. The number of guanidine groups is 1. The van der Waals surface area contributed by atoms with Crippen molar-refractivity contribution in [1.82, 2.24) is 25.4 Å². The molecule has 1 aromatic rings. The maximum absolute atomic E-state index is 5.06. The lowest BCUT2D eigenvalue weighted by Gasteiger charge is -2.13. The van der Waals surface area contributed by atoms with E-state index in [4.69, 9.17) is 4.74 Å². The van der Waals surface area contributed by atoms with Crippen LogP contribution in [0.1, 0.15) is 33.0 Å². The van der Waals surface area contributed by atoms with Crippen molar-refractivity contribution in [1.29, 1.82) is 0 Å². The predicted octanol–water partition coefficient (Wildman–Crippen LogP) is 1.69. The molecule has 0 atom stereocenters. The molecule has 0 fully saturated rings. The first-order valence-corrected chi connectivity index (χ1v) is 8.05. The Hall–Kier alpha value is -0.900. The van der Waals surface area contributed by atoms with Gasteiger partial charge in [-0.1, -0.05) is 20.8 Å². The normalized spacial score (nSPS) is 11.4. The molecule has 0 aromatic carbocycles. The summed E-state index contributed by atoms with van der Waals surface area (Å²) in [7, 11) is 1.70. The number of hydrogen-bond acceptors (Lipinski definition) is 4. The summed E-state index contributed by atoms with van der Waals surface area (Å²) in [5.41, 5.74) is 0. The van der Waals surface area contributed by atoms with Crippen LogP contribution in [0.4, 0.5) is 0 Å². The van der Waals surface area contributed by atoms with E-state index in [1.807, 2.05) is 0 Å². The standard InChI is InChI=1S/C15H30N6O.HI/c1-5-14-20-19-12-21(14)10-8-17-15(18-9-11-22-4)16-7-6-13(2)3;/h12-13H,5-11H2,1-4H3,(H2,16,17,18);1H. The second kappa shape index (κ2) is 13.5. The molecule has 0 saturated carbocycles. The van der Waals surface area contributed by atoms with Crippen LogP contribution in [0, 0.1) is 5.92 Å². The molecule has 0 aliphatic heterocycles. The van der Waals surface area contributed by atoms with Crippen molar-refractivity contribution in [3.63, 3.8) is 0 Å². The molecule has 1 rings (SSSR count). The van der Waals surface area contributed by atoms with Gasteiger partial charge in [-0.15, -0.1) is 34.2 Å². The van der Waals surface area contributed by atoms with Gasteiger partial charge in [0.2, 0.25) is 0 Å². The van der Waals surface area contributed by atoms with Gasteiger partial charge in [0, 0.05) is 39.7 Å². The molecule has 0 unspecified atom stereocenters. The molecule has 0 aliphatic rings. The van der Waals surface area contributed by atoms with E-state index in [0.717, 1.165) is 50.8 Å². The van der Waals surface area contributed by atoms with Gasteiger partial charge in [0.15, 0.2) is 5.96 Å². The smallest absolute Gasteiger partial charge is 0.191 e. The Labute approximate surface area is 156 Å².